The topological polar surface area (TPSA) is 48.1 Å². The fourth-order valence-corrected chi connectivity index (χ4v) is 2.06. The van der Waals surface area contributed by atoms with Crippen molar-refractivity contribution in [2.45, 2.75) is 38.9 Å². The minimum Gasteiger partial charge on any atom is -0.416 e. The maximum Gasteiger partial charge on any atom is 0.192 e. The Morgan fingerprint density at radius 1 is 1.41 bits per heavy atom. The van der Waals surface area contributed by atoms with Gasteiger partial charge in [0.15, 0.2) is 8.32 Å². The predicted molar refractivity (Wildman–Crippen MR) is 75.2 cm³/mol. The highest BCUT2D eigenvalue weighted by Gasteiger charge is 2.36. The molecule has 1 radical (unpaired) electrons. The summed E-state index contributed by atoms with van der Waals surface area (Å²) < 4.78 is 6.04. The second kappa shape index (κ2) is 5.19. The molecular weight excluding hydrogens is 228 g/mol. The van der Waals surface area contributed by atoms with Gasteiger partial charge in [0, 0.05) is 30.6 Å². The molecule has 1 aromatic rings. The van der Waals surface area contributed by atoms with E-state index >= 15 is 0 Å². The Morgan fingerprint density at radius 2 is 2.06 bits per heavy atom. The van der Waals surface area contributed by atoms with Crippen LogP contribution in [0.2, 0.25) is 18.1 Å². The molecule has 1 aromatic heterocycles. The number of rotatable bonds is 4. The molecule has 4 heteroatoms. The molecule has 0 aromatic carbocycles. The first-order valence-electron chi connectivity index (χ1n) is 5.91. The van der Waals surface area contributed by atoms with Crippen LogP contribution < -0.4 is 5.73 Å². The highest BCUT2D eigenvalue weighted by molar-refractivity contribution is 6.74. The summed E-state index contributed by atoms with van der Waals surface area (Å²) in [5.74, 6) is 0. The fourth-order valence-electron chi connectivity index (χ4n) is 1.13. The van der Waals surface area contributed by atoms with E-state index in [0.29, 0.717) is 6.61 Å². The van der Waals surface area contributed by atoms with E-state index in [1.54, 1.807) is 12.3 Å². The van der Waals surface area contributed by atoms with Gasteiger partial charge in [-0.05, 0) is 30.3 Å². The minimum absolute atomic E-state index is 0.240. The number of anilines is 1. The Bertz CT molecular complexity index is 372. The third-order valence-electron chi connectivity index (χ3n) is 3.35. The molecule has 17 heavy (non-hydrogen) atoms. The summed E-state index contributed by atoms with van der Waals surface area (Å²) in [7, 11) is -1.66. The second-order valence-electron chi connectivity index (χ2n) is 5.79. The average Bonchev–Trinajstić information content (AvgIpc) is 2.15. The molecule has 0 amide bonds. The third kappa shape index (κ3) is 4.13. The zero-order valence-electron chi connectivity index (χ0n) is 11.4. The largest absolute Gasteiger partial charge is 0.416 e. The third-order valence-corrected chi connectivity index (χ3v) is 7.85. The molecule has 95 valence electrons. The van der Waals surface area contributed by atoms with Crippen molar-refractivity contribution in [2.75, 3.05) is 12.3 Å². The van der Waals surface area contributed by atoms with Gasteiger partial charge in [-0.1, -0.05) is 20.8 Å². The molecule has 0 aliphatic carbocycles. The Balaban J connectivity index is 2.48. The van der Waals surface area contributed by atoms with Crippen molar-refractivity contribution < 1.29 is 4.43 Å². The molecule has 0 unspecified atom stereocenters. The van der Waals surface area contributed by atoms with Crippen molar-refractivity contribution in [3.8, 4) is 0 Å². The number of nitrogen functional groups attached to an aromatic ring is 1. The number of nitrogens with two attached hydrogens (primary N) is 1. The zero-order chi connectivity index (χ0) is 13.1. The standard InChI is InChI=1S/C13H23N2OSi/c1-13(2,3)17(4,5)16-9-7-12-10-11(14)6-8-15-12/h6-8,10H,9H2,1-5H3,(H2,14,15). The fraction of sp³-hybridized carbons (Fsp3) is 0.538. The molecule has 0 aliphatic heterocycles. The Hall–Kier alpha value is -0.873. The maximum absolute atomic E-state index is 6.04. The van der Waals surface area contributed by atoms with E-state index in [0.717, 1.165) is 11.4 Å². The lowest BCUT2D eigenvalue weighted by Gasteiger charge is -2.36. The van der Waals surface area contributed by atoms with Crippen LogP contribution in [-0.2, 0) is 4.43 Å². The SMILES string of the molecule is CC(C)(C)[Si](C)(C)OC[CH]c1cc(N)ccn1. The van der Waals surface area contributed by atoms with Gasteiger partial charge in [-0.3, -0.25) is 4.98 Å². The van der Waals surface area contributed by atoms with Crippen molar-refractivity contribution in [1.29, 1.82) is 0 Å². The normalized spacial score (nSPS) is 12.8. The highest BCUT2D eigenvalue weighted by atomic mass is 28.4. The summed E-state index contributed by atoms with van der Waals surface area (Å²) in [6, 6.07) is 3.64. The van der Waals surface area contributed by atoms with Gasteiger partial charge < -0.3 is 10.2 Å². The van der Waals surface area contributed by atoms with E-state index in [9.17, 15) is 0 Å². The summed E-state index contributed by atoms with van der Waals surface area (Å²) in [6.45, 7) is 11.8. The molecule has 2 N–H and O–H groups in total. The van der Waals surface area contributed by atoms with Gasteiger partial charge in [0.1, 0.15) is 0 Å². The van der Waals surface area contributed by atoms with Crippen molar-refractivity contribution in [1.82, 2.24) is 4.98 Å². The maximum atomic E-state index is 6.04. The van der Waals surface area contributed by atoms with Gasteiger partial charge >= 0.3 is 0 Å². The van der Waals surface area contributed by atoms with Crippen molar-refractivity contribution in [2.24, 2.45) is 0 Å². The number of pyridine rings is 1. The van der Waals surface area contributed by atoms with Crippen LogP contribution in [0.4, 0.5) is 5.69 Å². The molecule has 0 bridgehead atoms. The van der Waals surface area contributed by atoms with E-state index in [1.807, 2.05) is 12.5 Å². The van der Waals surface area contributed by atoms with Crippen molar-refractivity contribution in [3.05, 3.63) is 30.4 Å². The van der Waals surface area contributed by atoms with E-state index in [-0.39, 0.29) is 5.04 Å². The lowest BCUT2D eigenvalue weighted by molar-refractivity contribution is 0.318. The molecule has 1 heterocycles. The van der Waals surface area contributed by atoms with E-state index in [4.69, 9.17) is 10.2 Å². The molecule has 0 saturated heterocycles. The van der Waals surface area contributed by atoms with Gasteiger partial charge in [-0.25, -0.2) is 0 Å². The molecule has 1 rings (SSSR count). The number of hydrogen-bond donors (Lipinski definition) is 1. The first-order chi connectivity index (χ1) is 7.72. The van der Waals surface area contributed by atoms with Crippen LogP contribution in [0.5, 0.6) is 0 Å². The predicted octanol–water partition coefficient (Wildman–Crippen LogP) is 3.24. The first kappa shape index (κ1) is 14.2. The number of hydrogen-bond acceptors (Lipinski definition) is 3. The highest BCUT2D eigenvalue weighted by Crippen LogP contribution is 2.36. The molecule has 0 aliphatic rings. The minimum atomic E-state index is -1.66. The van der Waals surface area contributed by atoms with Crippen LogP contribution in [0.1, 0.15) is 26.5 Å². The molecular formula is C13H23N2OSi. The Kier molecular flexibility index (Phi) is 4.33. The smallest absolute Gasteiger partial charge is 0.192 e. The summed E-state index contributed by atoms with van der Waals surface area (Å²) in [6.07, 6.45) is 3.70. The summed E-state index contributed by atoms with van der Waals surface area (Å²) >= 11 is 0. The average molecular weight is 251 g/mol. The quantitative estimate of drug-likeness (QED) is 0.836. The summed E-state index contributed by atoms with van der Waals surface area (Å²) in [4.78, 5) is 4.22. The molecule has 0 saturated carbocycles. The molecule has 0 spiro atoms. The van der Waals surface area contributed by atoms with Gasteiger partial charge in [0.25, 0.3) is 0 Å². The van der Waals surface area contributed by atoms with Crippen LogP contribution in [-0.4, -0.2) is 19.9 Å². The summed E-state index contributed by atoms with van der Waals surface area (Å²) in [5, 5.41) is 0.240. The van der Waals surface area contributed by atoms with Gasteiger partial charge in [0.05, 0.1) is 0 Å². The molecule has 0 fully saturated rings. The van der Waals surface area contributed by atoms with E-state index in [2.05, 4.69) is 38.8 Å². The van der Waals surface area contributed by atoms with Gasteiger partial charge in [-0.15, -0.1) is 0 Å². The second-order valence-corrected chi connectivity index (χ2v) is 10.6. The van der Waals surface area contributed by atoms with Crippen LogP contribution >= 0.6 is 0 Å². The lowest BCUT2D eigenvalue weighted by Crippen LogP contribution is -2.41. The lowest BCUT2D eigenvalue weighted by atomic mass is 10.2. The van der Waals surface area contributed by atoms with Crippen molar-refractivity contribution in [3.63, 3.8) is 0 Å². The van der Waals surface area contributed by atoms with Gasteiger partial charge in [-0.2, -0.15) is 0 Å². The van der Waals surface area contributed by atoms with Gasteiger partial charge in [0.2, 0.25) is 0 Å². The Labute approximate surface area is 106 Å². The van der Waals surface area contributed by atoms with Crippen molar-refractivity contribution >= 4 is 14.0 Å². The molecule has 0 atom stereocenters. The monoisotopic (exact) mass is 251 g/mol. The summed E-state index contributed by atoms with van der Waals surface area (Å²) in [5.41, 5.74) is 7.31. The van der Waals surface area contributed by atoms with Crippen LogP contribution in [0, 0.1) is 6.42 Å². The van der Waals surface area contributed by atoms with E-state index in [1.165, 1.54) is 0 Å². The first-order valence-corrected chi connectivity index (χ1v) is 8.82. The van der Waals surface area contributed by atoms with E-state index < -0.39 is 8.32 Å². The number of nitrogens with zero attached hydrogens (tertiary/aromatic N) is 1. The van der Waals surface area contributed by atoms with Crippen LogP contribution in [0.15, 0.2) is 18.3 Å². The Morgan fingerprint density at radius 3 is 2.59 bits per heavy atom. The van der Waals surface area contributed by atoms with Crippen LogP contribution in [0.25, 0.3) is 0 Å². The zero-order valence-corrected chi connectivity index (χ0v) is 12.4. The van der Waals surface area contributed by atoms with Crippen LogP contribution in [0.3, 0.4) is 0 Å². The molecule has 3 nitrogen and oxygen atoms in total. The number of aromatic nitrogens is 1.